The van der Waals surface area contributed by atoms with E-state index in [-0.39, 0.29) is 11.9 Å². The number of carbonyl (C=O) groups excluding carboxylic acids is 1. The minimum Gasteiger partial charge on any atom is -0.346 e. The summed E-state index contributed by atoms with van der Waals surface area (Å²) in [6.07, 6.45) is 0.913. The van der Waals surface area contributed by atoms with Gasteiger partial charge in [-0.2, -0.15) is 5.10 Å². The molecular weight excluding hydrogens is 266 g/mol. The molecule has 3 heterocycles. The third-order valence-corrected chi connectivity index (χ3v) is 4.71. The fraction of sp³-hybridized carbons (Fsp3) is 0.733. The highest BCUT2D eigenvalue weighted by Gasteiger charge is 2.33. The number of rotatable bonds is 3. The van der Waals surface area contributed by atoms with Gasteiger partial charge in [-0.25, -0.2) is 0 Å². The van der Waals surface area contributed by atoms with Crippen LogP contribution in [0.25, 0.3) is 0 Å². The molecule has 1 saturated heterocycles. The Hall–Kier alpha value is -1.40. The fourth-order valence-corrected chi connectivity index (χ4v) is 3.26. The maximum absolute atomic E-state index is 12.5. The summed E-state index contributed by atoms with van der Waals surface area (Å²) in [7, 11) is 0. The monoisotopic (exact) mass is 291 g/mol. The van der Waals surface area contributed by atoms with Gasteiger partial charge in [-0.1, -0.05) is 6.92 Å². The van der Waals surface area contributed by atoms with E-state index in [4.69, 9.17) is 0 Å². The molecule has 1 amide bonds. The Balaban J connectivity index is 1.68. The summed E-state index contributed by atoms with van der Waals surface area (Å²) in [6, 6.07) is 0.737. The minimum atomic E-state index is -0.0429. The van der Waals surface area contributed by atoms with Gasteiger partial charge in [0.1, 0.15) is 0 Å². The maximum atomic E-state index is 12.5. The van der Waals surface area contributed by atoms with E-state index in [2.05, 4.69) is 46.5 Å². The zero-order valence-electron chi connectivity index (χ0n) is 13.1. The van der Waals surface area contributed by atoms with Crippen LogP contribution in [0.3, 0.4) is 0 Å². The number of amides is 1. The van der Waals surface area contributed by atoms with E-state index in [9.17, 15) is 4.79 Å². The number of nitrogens with one attached hydrogen (secondary N) is 3. The Kier molecular flexibility index (Phi) is 3.99. The molecule has 2 aliphatic rings. The fourth-order valence-electron chi connectivity index (χ4n) is 3.26. The number of nitrogens with zero attached hydrogens (tertiary/aromatic N) is 2. The molecule has 6 nitrogen and oxygen atoms in total. The van der Waals surface area contributed by atoms with E-state index in [1.54, 1.807) is 0 Å². The van der Waals surface area contributed by atoms with Crippen LogP contribution >= 0.6 is 0 Å². The molecule has 116 valence electrons. The predicted molar refractivity (Wildman–Crippen MR) is 81.1 cm³/mol. The quantitative estimate of drug-likeness (QED) is 0.759. The molecule has 1 aromatic heterocycles. The van der Waals surface area contributed by atoms with Gasteiger partial charge in [0.05, 0.1) is 0 Å². The number of H-pyrrole nitrogens is 1. The van der Waals surface area contributed by atoms with Crippen molar-refractivity contribution in [2.45, 2.75) is 45.8 Å². The second-order valence-electron chi connectivity index (χ2n) is 6.56. The van der Waals surface area contributed by atoms with Crippen LogP contribution in [0.1, 0.15) is 42.5 Å². The number of fused-ring (bicyclic) bond motifs is 1. The van der Waals surface area contributed by atoms with Crippen molar-refractivity contribution < 1.29 is 4.79 Å². The molecule has 1 fully saturated rings. The van der Waals surface area contributed by atoms with E-state index < -0.39 is 0 Å². The van der Waals surface area contributed by atoms with E-state index in [1.165, 1.54) is 0 Å². The Morgan fingerprint density at radius 3 is 2.95 bits per heavy atom. The van der Waals surface area contributed by atoms with Crippen LogP contribution in [-0.4, -0.2) is 52.7 Å². The standard InChI is InChI=1S/C15H25N5O/c1-9(2)20-7-10(3)13(8-20)17-15(21)14-11-6-16-5-4-12(11)18-19-14/h9-10,13,16H,4-8H2,1-3H3,(H,17,21)(H,18,19). The van der Waals surface area contributed by atoms with E-state index >= 15 is 0 Å². The predicted octanol–water partition coefficient (Wildman–Crippen LogP) is 0.514. The van der Waals surface area contributed by atoms with E-state index in [1.807, 2.05) is 0 Å². The molecule has 3 N–H and O–H groups in total. The average Bonchev–Trinajstić information content (AvgIpc) is 3.03. The first-order valence-corrected chi connectivity index (χ1v) is 7.88. The first kappa shape index (κ1) is 14.5. The lowest BCUT2D eigenvalue weighted by Crippen LogP contribution is -2.41. The van der Waals surface area contributed by atoms with Crippen molar-refractivity contribution in [2.24, 2.45) is 5.92 Å². The summed E-state index contributed by atoms with van der Waals surface area (Å²) < 4.78 is 0. The second kappa shape index (κ2) is 5.77. The summed E-state index contributed by atoms with van der Waals surface area (Å²) in [4.78, 5) is 14.9. The maximum Gasteiger partial charge on any atom is 0.272 e. The molecule has 3 rings (SSSR count). The highest BCUT2D eigenvalue weighted by molar-refractivity contribution is 5.94. The zero-order chi connectivity index (χ0) is 15.0. The van der Waals surface area contributed by atoms with Gasteiger partial charge in [-0.3, -0.25) is 14.8 Å². The third kappa shape index (κ3) is 2.82. The Morgan fingerprint density at radius 2 is 2.24 bits per heavy atom. The van der Waals surface area contributed by atoms with Gasteiger partial charge >= 0.3 is 0 Å². The van der Waals surface area contributed by atoms with Gasteiger partial charge in [0.2, 0.25) is 0 Å². The van der Waals surface area contributed by atoms with Crippen molar-refractivity contribution in [3.8, 4) is 0 Å². The molecular formula is C15H25N5O. The van der Waals surface area contributed by atoms with Crippen molar-refractivity contribution in [1.29, 1.82) is 0 Å². The number of likely N-dealkylation sites (tertiary alicyclic amines) is 1. The zero-order valence-corrected chi connectivity index (χ0v) is 13.1. The van der Waals surface area contributed by atoms with Gasteiger partial charge < -0.3 is 10.6 Å². The van der Waals surface area contributed by atoms with Gasteiger partial charge in [0, 0.05) is 55.9 Å². The largest absolute Gasteiger partial charge is 0.346 e. The first-order valence-electron chi connectivity index (χ1n) is 7.88. The van der Waals surface area contributed by atoms with Crippen LogP contribution in [0.4, 0.5) is 0 Å². The molecule has 6 heteroatoms. The highest BCUT2D eigenvalue weighted by Crippen LogP contribution is 2.20. The normalized spacial score (nSPS) is 26.1. The Morgan fingerprint density at radius 1 is 1.43 bits per heavy atom. The number of aromatic nitrogens is 2. The number of hydrogen-bond donors (Lipinski definition) is 3. The lowest BCUT2D eigenvalue weighted by molar-refractivity contribution is 0.0924. The molecule has 2 unspecified atom stereocenters. The molecule has 0 saturated carbocycles. The highest BCUT2D eigenvalue weighted by atomic mass is 16.2. The summed E-state index contributed by atoms with van der Waals surface area (Å²) >= 11 is 0. The van der Waals surface area contributed by atoms with Crippen molar-refractivity contribution in [1.82, 2.24) is 25.7 Å². The van der Waals surface area contributed by atoms with Gasteiger partial charge in [0.15, 0.2) is 5.69 Å². The van der Waals surface area contributed by atoms with E-state index in [0.29, 0.717) is 17.7 Å². The van der Waals surface area contributed by atoms with Crippen LogP contribution in [0, 0.1) is 5.92 Å². The van der Waals surface area contributed by atoms with E-state index in [0.717, 1.165) is 43.9 Å². The summed E-state index contributed by atoms with van der Waals surface area (Å²) in [5, 5.41) is 13.7. The lowest BCUT2D eigenvalue weighted by atomic mass is 10.0. The van der Waals surface area contributed by atoms with Gasteiger partial charge in [0.25, 0.3) is 5.91 Å². The molecule has 21 heavy (non-hydrogen) atoms. The van der Waals surface area contributed by atoms with Gasteiger partial charge in [-0.05, 0) is 19.8 Å². The lowest BCUT2D eigenvalue weighted by Gasteiger charge is -2.20. The molecule has 0 spiro atoms. The molecule has 1 aromatic rings. The first-order chi connectivity index (χ1) is 10.1. The third-order valence-electron chi connectivity index (χ3n) is 4.71. The van der Waals surface area contributed by atoms with Crippen LogP contribution < -0.4 is 10.6 Å². The van der Waals surface area contributed by atoms with Crippen molar-refractivity contribution in [3.05, 3.63) is 17.0 Å². The molecule has 2 atom stereocenters. The summed E-state index contributed by atoms with van der Waals surface area (Å²) in [5.41, 5.74) is 2.69. The number of carbonyl (C=O) groups is 1. The second-order valence-corrected chi connectivity index (χ2v) is 6.56. The molecule has 0 bridgehead atoms. The van der Waals surface area contributed by atoms with Crippen molar-refractivity contribution >= 4 is 5.91 Å². The van der Waals surface area contributed by atoms with Crippen molar-refractivity contribution in [3.63, 3.8) is 0 Å². The summed E-state index contributed by atoms with van der Waals surface area (Å²) in [5.74, 6) is 0.433. The number of hydrogen-bond acceptors (Lipinski definition) is 4. The number of aromatic amines is 1. The van der Waals surface area contributed by atoms with Crippen LogP contribution in [-0.2, 0) is 13.0 Å². The summed E-state index contributed by atoms with van der Waals surface area (Å²) in [6.45, 7) is 10.2. The van der Waals surface area contributed by atoms with Crippen LogP contribution in [0.5, 0.6) is 0 Å². The molecule has 2 aliphatic heterocycles. The topological polar surface area (TPSA) is 73.0 Å². The SMILES string of the molecule is CC1CN(C(C)C)CC1NC(=O)c1n[nH]c2c1CNCC2. The average molecular weight is 291 g/mol. The smallest absolute Gasteiger partial charge is 0.272 e. The van der Waals surface area contributed by atoms with Crippen molar-refractivity contribution in [2.75, 3.05) is 19.6 Å². The van der Waals surface area contributed by atoms with Crippen LogP contribution in [0.2, 0.25) is 0 Å². The molecule has 0 radical (unpaired) electrons. The van der Waals surface area contributed by atoms with Crippen LogP contribution in [0.15, 0.2) is 0 Å². The molecule has 0 aliphatic carbocycles. The molecule has 0 aromatic carbocycles. The minimum absolute atomic E-state index is 0.0429. The Bertz CT molecular complexity index is 524. The van der Waals surface area contributed by atoms with Gasteiger partial charge in [-0.15, -0.1) is 0 Å². The Labute approximate surface area is 125 Å².